The maximum Gasteiger partial charge on any atom is 0.258 e. The van der Waals surface area contributed by atoms with Crippen molar-refractivity contribution < 1.29 is 4.79 Å². The molecule has 0 unspecified atom stereocenters. The summed E-state index contributed by atoms with van der Waals surface area (Å²) in [5.74, 6) is 3.73. The number of nitrogens with zero attached hydrogens (tertiary/aromatic N) is 2. The molecule has 1 saturated heterocycles. The molecule has 5 aliphatic rings. The number of benzene rings is 1. The van der Waals surface area contributed by atoms with Crippen LogP contribution in [0, 0.1) is 37.5 Å². The summed E-state index contributed by atoms with van der Waals surface area (Å²) in [7, 11) is 0. The number of hydrogen-bond acceptors (Lipinski definition) is 2. The Bertz CT molecular complexity index is 725. The fraction of sp³-hybridized carbons (Fsp3) is 0.696. The summed E-state index contributed by atoms with van der Waals surface area (Å²) >= 11 is 0. The van der Waals surface area contributed by atoms with Gasteiger partial charge in [0.1, 0.15) is 5.54 Å². The maximum atomic E-state index is 13.1. The van der Waals surface area contributed by atoms with Gasteiger partial charge in [0.15, 0.2) is 0 Å². The number of hydrazine groups is 1. The molecule has 0 spiro atoms. The van der Waals surface area contributed by atoms with Crippen molar-refractivity contribution in [2.75, 3.05) is 0 Å². The Kier molecular flexibility index (Phi) is 3.60. The van der Waals surface area contributed by atoms with Crippen LogP contribution >= 0.6 is 0 Å². The van der Waals surface area contributed by atoms with E-state index in [1.54, 1.807) is 0 Å². The Balaban J connectivity index is 1.43. The average Bonchev–Trinajstić information content (AvgIpc) is 2.57. The number of amides is 1. The number of hydrogen-bond donors (Lipinski definition) is 0. The largest absolute Gasteiger partial charge is 0.271 e. The van der Waals surface area contributed by atoms with E-state index >= 15 is 0 Å². The molecule has 140 valence electrons. The van der Waals surface area contributed by atoms with Gasteiger partial charge >= 0.3 is 0 Å². The van der Waals surface area contributed by atoms with Crippen LogP contribution in [0.25, 0.3) is 0 Å². The fourth-order valence-electron chi connectivity index (χ4n) is 6.78. The zero-order valence-corrected chi connectivity index (χ0v) is 16.7. The summed E-state index contributed by atoms with van der Waals surface area (Å²) in [4.78, 5) is 13.1. The molecule has 0 radical (unpaired) electrons. The van der Waals surface area contributed by atoms with Crippen molar-refractivity contribution in [3.63, 3.8) is 0 Å². The van der Waals surface area contributed by atoms with Gasteiger partial charge in [-0.2, -0.15) is 5.01 Å². The molecule has 4 aliphatic carbocycles. The van der Waals surface area contributed by atoms with Gasteiger partial charge in [-0.1, -0.05) is 23.8 Å². The molecule has 1 amide bonds. The van der Waals surface area contributed by atoms with Crippen molar-refractivity contribution in [2.24, 2.45) is 23.7 Å². The van der Waals surface area contributed by atoms with Crippen LogP contribution in [-0.2, 0) is 11.3 Å². The number of aryl methyl sites for hydroxylation is 2. The van der Waals surface area contributed by atoms with Crippen LogP contribution < -0.4 is 0 Å². The SMILES string of the molecule is Cc1ccc(CN2N(C3C4CC5CC(C4)CC3C5)C(=O)C2(C)C)c(C)c1. The molecule has 0 aromatic heterocycles. The van der Waals surface area contributed by atoms with Crippen LogP contribution in [0.5, 0.6) is 0 Å². The summed E-state index contributed by atoms with van der Waals surface area (Å²) in [6, 6.07) is 7.17. The molecular weight excluding hydrogens is 320 g/mol. The van der Waals surface area contributed by atoms with Crippen molar-refractivity contribution in [1.82, 2.24) is 10.0 Å². The van der Waals surface area contributed by atoms with Gasteiger partial charge in [-0.25, -0.2) is 0 Å². The number of carbonyl (C=O) groups excluding carboxylic acids is 1. The van der Waals surface area contributed by atoms with E-state index in [9.17, 15) is 4.79 Å². The number of rotatable bonds is 3. The fourth-order valence-corrected chi connectivity index (χ4v) is 6.78. The number of carbonyl (C=O) groups is 1. The van der Waals surface area contributed by atoms with Gasteiger partial charge < -0.3 is 0 Å². The van der Waals surface area contributed by atoms with Gasteiger partial charge in [-0.3, -0.25) is 9.80 Å². The molecule has 1 aromatic rings. The van der Waals surface area contributed by atoms with E-state index in [1.807, 2.05) is 0 Å². The topological polar surface area (TPSA) is 23.6 Å². The lowest BCUT2D eigenvalue weighted by Crippen LogP contribution is -2.79. The lowest BCUT2D eigenvalue weighted by atomic mass is 9.53. The van der Waals surface area contributed by atoms with E-state index in [2.05, 4.69) is 55.9 Å². The molecule has 0 N–H and O–H groups in total. The Morgan fingerprint density at radius 2 is 1.62 bits per heavy atom. The highest BCUT2D eigenvalue weighted by Gasteiger charge is 2.60. The third-order valence-corrected chi connectivity index (χ3v) is 7.91. The zero-order valence-electron chi connectivity index (χ0n) is 16.7. The first-order valence-corrected chi connectivity index (χ1v) is 10.5. The molecule has 1 heterocycles. The van der Waals surface area contributed by atoms with Crippen LogP contribution in [0.2, 0.25) is 0 Å². The second-order valence-corrected chi connectivity index (χ2v) is 10.1. The standard InChI is InChI=1S/C23H32N2O/c1-14-5-6-18(15(2)7-14)13-24-23(3,4)22(26)25(24)21-19-9-16-8-17(11-19)12-20(21)10-16/h5-7,16-17,19-21H,8-13H2,1-4H3. The minimum absolute atomic E-state index is 0.347. The second kappa shape index (κ2) is 5.58. The molecule has 4 bridgehead atoms. The van der Waals surface area contributed by atoms with E-state index in [0.717, 1.165) is 30.2 Å². The van der Waals surface area contributed by atoms with E-state index in [0.29, 0.717) is 11.9 Å². The normalized spacial score (nSPS) is 37.9. The van der Waals surface area contributed by atoms with Gasteiger partial charge in [-0.05, 0) is 94.6 Å². The first kappa shape index (κ1) is 16.8. The smallest absolute Gasteiger partial charge is 0.258 e. The van der Waals surface area contributed by atoms with Crippen molar-refractivity contribution in [2.45, 2.75) is 77.9 Å². The first-order valence-electron chi connectivity index (χ1n) is 10.5. The molecule has 4 saturated carbocycles. The Morgan fingerprint density at radius 1 is 1.00 bits per heavy atom. The molecule has 3 nitrogen and oxygen atoms in total. The predicted octanol–water partition coefficient (Wildman–Crippen LogP) is 4.47. The lowest BCUT2D eigenvalue weighted by molar-refractivity contribution is -0.251. The van der Waals surface area contributed by atoms with Crippen LogP contribution in [0.1, 0.15) is 62.6 Å². The Labute approximate surface area is 157 Å². The van der Waals surface area contributed by atoms with Crippen LogP contribution in [0.4, 0.5) is 0 Å². The predicted molar refractivity (Wildman–Crippen MR) is 103 cm³/mol. The van der Waals surface area contributed by atoms with Gasteiger partial charge in [0.2, 0.25) is 0 Å². The highest BCUT2D eigenvalue weighted by atomic mass is 16.2. The van der Waals surface area contributed by atoms with Crippen LogP contribution in [0.3, 0.4) is 0 Å². The van der Waals surface area contributed by atoms with Gasteiger partial charge in [-0.15, -0.1) is 0 Å². The van der Waals surface area contributed by atoms with Crippen molar-refractivity contribution in [3.05, 3.63) is 34.9 Å². The van der Waals surface area contributed by atoms with E-state index in [-0.39, 0.29) is 5.54 Å². The lowest BCUT2D eigenvalue weighted by Gasteiger charge is -2.65. The molecule has 6 rings (SSSR count). The first-order chi connectivity index (χ1) is 12.3. The maximum absolute atomic E-state index is 13.1. The Morgan fingerprint density at radius 3 is 2.19 bits per heavy atom. The highest BCUT2D eigenvalue weighted by molar-refractivity contribution is 5.90. The van der Waals surface area contributed by atoms with Gasteiger partial charge in [0, 0.05) is 6.54 Å². The quantitative estimate of drug-likeness (QED) is 0.801. The second-order valence-electron chi connectivity index (χ2n) is 10.1. The minimum Gasteiger partial charge on any atom is -0.271 e. The molecule has 1 aliphatic heterocycles. The van der Waals surface area contributed by atoms with Crippen molar-refractivity contribution >= 4 is 5.91 Å². The minimum atomic E-state index is -0.369. The molecule has 0 atom stereocenters. The zero-order chi connectivity index (χ0) is 18.2. The molecule has 3 heteroatoms. The summed E-state index contributed by atoms with van der Waals surface area (Å²) in [6.07, 6.45) is 6.91. The molecular formula is C23H32N2O. The highest BCUT2D eigenvalue weighted by Crippen LogP contribution is 2.57. The van der Waals surface area contributed by atoms with E-state index < -0.39 is 0 Å². The van der Waals surface area contributed by atoms with Crippen molar-refractivity contribution in [3.8, 4) is 0 Å². The summed E-state index contributed by atoms with van der Waals surface area (Å²) in [5.41, 5.74) is 3.63. The van der Waals surface area contributed by atoms with Gasteiger partial charge in [0.05, 0.1) is 6.04 Å². The Hall–Kier alpha value is -1.35. The molecule has 5 fully saturated rings. The third-order valence-electron chi connectivity index (χ3n) is 7.91. The summed E-state index contributed by atoms with van der Waals surface area (Å²) in [5, 5.41) is 4.60. The monoisotopic (exact) mass is 352 g/mol. The summed E-state index contributed by atoms with van der Waals surface area (Å²) in [6.45, 7) is 9.41. The van der Waals surface area contributed by atoms with E-state index in [4.69, 9.17) is 0 Å². The van der Waals surface area contributed by atoms with Gasteiger partial charge in [0.25, 0.3) is 5.91 Å². The average molecular weight is 353 g/mol. The van der Waals surface area contributed by atoms with E-state index in [1.165, 1.54) is 48.8 Å². The van der Waals surface area contributed by atoms with Crippen molar-refractivity contribution in [1.29, 1.82) is 0 Å². The molecule has 26 heavy (non-hydrogen) atoms. The third kappa shape index (κ3) is 2.32. The van der Waals surface area contributed by atoms with Crippen LogP contribution in [0.15, 0.2) is 18.2 Å². The summed E-state index contributed by atoms with van der Waals surface area (Å²) < 4.78 is 0. The van der Waals surface area contributed by atoms with Crippen LogP contribution in [-0.4, -0.2) is 27.5 Å². The molecule has 1 aromatic carbocycles.